The molecule has 1 atom stereocenters. The predicted octanol–water partition coefficient (Wildman–Crippen LogP) is 2.77. The number of thiophene rings is 1. The molecule has 0 aliphatic carbocycles. The van der Waals surface area contributed by atoms with Gasteiger partial charge in [0.2, 0.25) is 0 Å². The van der Waals surface area contributed by atoms with Gasteiger partial charge in [-0.15, -0.1) is 11.3 Å². The zero-order chi connectivity index (χ0) is 13.2. The number of hydrogen-bond acceptors (Lipinski definition) is 5. The van der Waals surface area contributed by atoms with Gasteiger partial charge in [-0.25, -0.2) is 18.1 Å². The summed E-state index contributed by atoms with van der Waals surface area (Å²) in [6, 6.07) is 3.76. The van der Waals surface area contributed by atoms with E-state index >= 15 is 0 Å². The van der Waals surface area contributed by atoms with Crippen molar-refractivity contribution in [2.75, 3.05) is 0 Å². The number of aromatic nitrogens is 1. The van der Waals surface area contributed by atoms with Crippen LogP contribution in [0.3, 0.4) is 0 Å². The Kier molecular flexibility index (Phi) is 4.39. The number of halogens is 1. The Morgan fingerprint density at radius 1 is 1.56 bits per heavy atom. The summed E-state index contributed by atoms with van der Waals surface area (Å²) in [7, 11) is -3.52. The quantitative estimate of drug-likeness (QED) is 0.920. The van der Waals surface area contributed by atoms with E-state index in [1.165, 1.54) is 6.20 Å². The number of thiazole rings is 1. The topological polar surface area (TPSA) is 59.1 Å². The third kappa shape index (κ3) is 3.52. The van der Waals surface area contributed by atoms with E-state index in [9.17, 15) is 8.42 Å². The lowest BCUT2D eigenvalue weighted by atomic mass is 10.2. The molecule has 0 spiro atoms. The molecule has 4 nitrogen and oxygen atoms in total. The minimum Gasteiger partial charge on any atom is -0.232 e. The molecule has 0 radical (unpaired) electrons. The van der Waals surface area contributed by atoms with E-state index in [-0.39, 0.29) is 14.7 Å². The molecule has 0 aromatic carbocycles. The lowest BCUT2D eigenvalue weighted by Crippen LogP contribution is -2.33. The molecule has 2 aromatic rings. The van der Waals surface area contributed by atoms with Crippen LogP contribution >= 0.6 is 34.3 Å². The molecular formula is C10H11ClN2O2S3. The average Bonchev–Trinajstić information content (AvgIpc) is 2.88. The molecule has 98 valence electrons. The van der Waals surface area contributed by atoms with Gasteiger partial charge >= 0.3 is 0 Å². The highest BCUT2D eigenvalue weighted by Gasteiger charge is 2.20. The molecule has 0 saturated heterocycles. The molecule has 18 heavy (non-hydrogen) atoms. The van der Waals surface area contributed by atoms with E-state index in [0.29, 0.717) is 6.42 Å². The summed E-state index contributed by atoms with van der Waals surface area (Å²) in [5.41, 5.74) is 0. The monoisotopic (exact) mass is 322 g/mol. The molecule has 0 aliphatic heterocycles. The van der Waals surface area contributed by atoms with Crippen molar-refractivity contribution in [1.82, 2.24) is 9.71 Å². The SMILES string of the molecule is CC(Cc1cccs1)NS(=O)(=O)c1cnc(Cl)s1. The van der Waals surface area contributed by atoms with Crippen LogP contribution in [0.15, 0.2) is 27.9 Å². The van der Waals surface area contributed by atoms with Gasteiger partial charge in [-0.05, 0) is 24.8 Å². The molecule has 2 aromatic heterocycles. The fourth-order valence-electron chi connectivity index (χ4n) is 1.46. The first-order chi connectivity index (χ1) is 8.47. The fourth-order valence-corrected chi connectivity index (χ4v) is 4.85. The molecule has 0 fully saturated rings. The van der Waals surface area contributed by atoms with Crippen LogP contribution in [-0.2, 0) is 16.4 Å². The highest BCUT2D eigenvalue weighted by molar-refractivity contribution is 7.91. The summed E-state index contributed by atoms with van der Waals surface area (Å²) in [6.07, 6.45) is 1.94. The van der Waals surface area contributed by atoms with Crippen molar-refractivity contribution >= 4 is 44.3 Å². The first-order valence-corrected chi connectivity index (χ1v) is 8.69. The molecule has 0 aliphatic rings. The molecule has 2 heterocycles. The Balaban J connectivity index is 2.04. The smallest absolute Gasteiger partial charge is 0.232 e. The maximum Gasteiger partial charge on any atom is 0.251 e. The molecule has 2 rings (SSSR count). The number of nitrogens with zero attached hydrogens (tertiary/aromatic N) is 1. The van der Waals surface area contributed by atoms with E-state index in [2.05, 4.69) is 9.71 Å². The summed E-state index contributed by atoms with van der Waals surface area (Å²) >= 11 is 8.20. The first-order valence-electron chi connectivity index (χ1n) is 5.13. The Morgan fingerprint density at radius 2 is 2.33 bits per heavy atom. The van der Waals surface area contributed by atoms with E-state index in [1.54, 1.807) is 11.3 Å². The summed E-state index contributed by atoms with van der Waals surface area (Å²) < 4.78 is 27.0. The van der Waals surface area contributed by atoms with Gasteiger partial charge in [-0.2, -0.15) is 0 Å². The largest absolute Gasteiger partial charge is 0.251 e. The summed E-state index contributed by atoms with van der Waals surface area (Å²) in [4.78, 5) is 4.88. The Labute approximate surface area is 119 Å². The van der Waals surface area contributed by atoms with Crippen LogP contribution < -0.4 is 4.72 Å². The van der Waals surface area contributed by atoms with Crippen LogP contribution in [-0.4, -0.2) is 19.4 Å². The lowest BCUT2D eigenvalue weighted by molar-refractivity contribution is 0.562. The van der Waals surface area contributed by atoms with Crippen LogP contribution in [0.1, 0.15) is 11.8 Å². The van der Waals surface area contributed by atoms with E-state index in [0.717, 1.165) is 16.2 Å². The minimum atomic E-state index is -3.52. The zero-order valence-corrected chi connectivity index (χ0v) is 12.7. The number of hydrogen-bond donors (Lipinski definition) is 1. The van der Waals surface area contributed by atoms with Crippen LogP contribution in [0.4, 0.5) is 0 Å². The fraction of sp³-hybridized carbons (Fsp3) is 0.300. The molecule has 1 N–H and O–H groups in total. The Morgan fingerprint density at radius 3 is 2.89 bits per heavy atom. The third-order valence-electron chi connectivity index (χ3n) is 2.16. The minimum absolute atomic E-state index is 0.144. The van der Waals surface area contributed by atoms with Crippen molar-refractivity contribution in [3.63, 3.8) is 0 Å². The standard InChI is InChI=1S/C10H11ClN2O2S3/c1-7(5-8-3-2-4-16-8)13-18(14,15)9-6-12-10(11)17-9/h2-4,6-7,13H,5H2,1H3. The molecule has 1 unspecified atom stereocenters. The zero-order valence-electron chi connectivity index (χ0n) is 9.46. The maximum atomic E-state index is 12.0. The van der Waals surface area contributed by atoms with Crippen molar-refractivity contribution in [3.05, 3.63) is 33.1 Å². The van der Waals surface area contributed by atoms with E-state index in [4.69, 9.17) is 11.6 Å². The van der Waals surface area contributed by atoms with Gasteiger partial charge in [-0.3, -0.25) is 0 Å². The second-order valence-electron chi connectivity index (χ2n) is 3.74. The second kappa shape index (κ2) is 5.66. The number of sulfonamides is 1. The molecule has 8 heteroatoms. The van der Waals surface area contributed by atoms with Gasteiger partial charge in [0.1, 0.15) is 0 Å². The Bertz CT molecular complexity index is 607. The number of nitrogens with one attached hydrogen (secondary N) is 1. The summed E-state index contributed by atoms with van der Waals surface area (Å²) in [5, 5.41) is 1.97. The van der Waals surface area contributed by atoms with E-state index < -0.39 is 10.0 Å². The van der Waals surface area contributed by atoms with Crippen molar-refractivity contribution in [2.24, 2.45) is 0 Å². The van der Waals surface area contributed by atoms with Gasteiger partial charge in [0.15, 0.2) is 8.68 Å². The normalized spacial score (nSPS) is 13.7. The van der Waals surface area contributed by atoms with Gasteiger partial charge in [0.25, 0.3) is 10.0 Å². The van der Waals surface area contributed by atoms with Gasteiger partial charge in [0.05, 0.1) is 6.20 Å². The summed E-state index contributed by atoms with van der Waals surface area (Å²) in [6.45, 7) is 1.83. The van der Waals surface area contributed by atoms with Crippen molar-refractivity contribution in [1.29, 1.82) is 0 Å². The van der Waals surface area contributed by atoms with E-state index in [1.807, 2.05) is 24.4 Å². The van der Waals surface area contributed by atoms with Gasteiger partial charge in [0, 0.05) is 10.9 Å². The second-order valence-corrected chi connectivity index (χ2v) is 8.32. The molecule has 0 amide bonds. The number of rotatable bonds is 5. The van der Waals surface area contributed by atoms with Crippen molar-refractivity contribution < 1.29 is 8.42 Å². The van der Waals surface area contributed by atoms with Crippen molar-refractivity contribution in [2.45, 2.75) is 23.6 Å². The van der Waals surface area contributed by atoms with Crippen LogP contribution in [0.2, 0.25) is 4.47 Å². The van der Waals surface area contributed by atoms with Gasteiger partial charge in [-0.1, -0.05) is 29.0 Å². The first kappa shape index (κ1) is 14.0. The van der Waals surface area contributed by atoms with Gasteiger partial charge < -0.3 is 0 Å². The van der Waals surface area contributed by atoms with Crippen LogP contribution in [0.25, 0.3) is 0 Å². The van der Waals surface area contributed by atoms with Crippen LogP contribution in [0.5, 0.6) is 0 Å². The maximum absolute atomic E-state index is 12.0. The summed E-state index contributed by atoms with van der Waals surface area (Å²) in [5.74, 6) is 0. The van der Waals surface area contributed by atoms with Crippen LogP contribution in [0, 0.1) is 0 Å². The molecule has 0 saturated carbocycles. The molecular weight excluding hydrogens is 312 g/mol. The highest BCUT2D eigenvalue weighted by atomic mass is 35.5. The molecule has 0 bridgehead atoms. The highest BCUT2D eigenvalue weighted by Crippen LogP contribution is 2.22. The lowest BCUT2D eigenvalue weighted by Gasteiger charge is -2.11. The predicted molar refractivity (Wildman–Crippen MR) is 74.9 cm³/mol. The average molecular weight is 323 g/mol. The Hall–Kier alpha value is -0.470. The van der Waals surface area contributed by atoms with Crippen molar-refractivity contribution in [3.8, 4) is 0 Å². The third-order valence-corrected chi connectivity index (χ3v) is 6.23.